The van der Waals surface area contributed by atoms with E-state index in [2.05, 4.69) is 0 Å². The molecule has 20 heavy (non-hydrogen) atoms. The first-order valence-corrected chi connectivity index (χ1v) is 6.42. The maximum absolute atomic E-state index is 11.6. The predicted molar refractivity (Wildman–Crippen MR) is 79.0 cm³/mol. The number of carbonyl (C=O) groups is 1. The van der Waals surface area contributed by atoms with Crippen molar-refractivity contribution in [3.63, 3.8) is 0 Å². The van der Waals surface area contributed by atoms with Crippen molar-refractivity contribution in [3.8, 4) is 11.5 Å². The van der Waals surface area contributed by atoms with Crippen LogP contribution < -0.4 is 9.47 Å². The number of hydrogen-bond acceptors (Lipinski definition) is 4. The molecule has 0 amide bonds. The molecule has 0 radical (unpaired) electrons. The average molecular weight is 278 g/mol. The SMILES string of the molecule is COc1cc(/C=C/C(=O)OCC(C)(C)C)cc(OC)c1. The third-order valence-electron chi connectivity index (χ3n) is 2.43. The molecule has 0 aliphatic heterocycles. The van der Waals surface area contributed by atoms with Crippen LogP contribution in [0.25, 0.3) is 6.08 Å². The first kappa shape index (κ1) is 16.1. The number of carbonyl (C=O) groups excluding carboxylic acids is 1. The van der Waals surface area contributed by atoms with E-state index in [1.807, 2.05) is 32.9 Å². The highest BCUT2D eigenvalue weighted by atomic mass is 16.5. The van der Waals surface area contributed by atoms with Gasteiger partial charge in [-0.3, -0.25) is 0 Å². The lowest BCUT2D eigenvalue weighted by molar-refractivity contribution is -0.140. The van der Waals surface area contributed by atoms with Crippen LogP contribution in [-0.2, 0) is 9.53 Å². The zero-order valence-corrected chi connectivity index (χ0v) is 12.7. The zero-order valence-electron chi connectivity index (χ0n) is 12.7. The van der Waals surface area contributed by atoms with E-state index in [0.717, 1.165) is 5.56 Å². The van der Waals surface area contributed by atoms with Gasteiger partial charge in [0.2, 0.25) is 0 Å². The number of esters is 1. The van der Waals surface area contributed by atoms with Gasteiger partial charge in [-0.15, -0.1) is 0 Å². The molecule has 0 aromatic heterocycles. The second-order valence-electron chi connectivity index (χ2n) is 5.65. The molecule has 0 N–H and O–H groups in total. The Kier molecular flexibility index (Phi) is 5.62. The second-order valence-corrected chi connectivity index (χ2v) is 5.65. The van der Waals surface area contributed by atoms with Gasteiger partial charge in [0.1, 0.15) is 11.5 Å². The van der Waals surface area contributed by atoms with Crippen molar-refractivity contribution in [1.82, 2.24) is 0 Å². The van der Waals surface area contributed by atoms with Crippen molar-refractivity contribution in [3.05, 3.63) is 29.8 Å². The molecule has 1 aromatic rings. The summed E-state index contributed by atoms with van der Waals surface area (Å²) in [5, 5.41) is 0. The normalized spacial score (nSPS) is 11.4. The van der Waals surface area contributed by atoms with Crippen LogP contribution in [0, 0.1) is 5.41 Å². The summed E-state index contributed by atoms with van der Waals surface area (Å²) >= 11 is 0. The summed E-state index contributed by atoms with van der Waals surface area (Å²) in [6.45, 7) is 6.42. The minimum atomic E-state index is -0.360. The van der Waals surface area contributed by atoms with Crippen LogP contribution in [0.1, 0.15) is 26.3 Å². The minimum absolute atomic E-state index is 0.0390. The summed E-state index contributed by atoms with van der Waals surface area (Å²) in [4.78, 5) is 11.6. The molecule has 0 unspecified atom stereocenters. The fourth-order valence-corrected chi connectivity index (χ4v) is 1.43. The third-order valence-corrected chi connectivity index (χ3v) is 2.43. The van der Waals surface area contributed by atoms with Gasteiger partial charge in [-0.05, 0) is 29.2 Å². The van der Waals surface area contributed by atoms with Gasteiger partial charge in [-0.25, -0.2) is 4.79 Å². The molecule has 0 fully saturated rings. The van der Waals surface area contributed by atoms with Crippen molar-refractivity contribution < 1.29 is 19.0 Å². The molecule has 0 saturated heterocycles. The Morgan fingerprint density at radius 2 is 1.65 bits per heavy atom. The number of benzene rings is 1. The molecule has 0 aliphatic carbocycles. The Labute approximate surface area is 120 Å². The van der Waals surface area contributed by atoms with Gasteiger partial charge in [-0.2, -0.15) is 0 Å². The van der Waals surface area contributed by atoms with E-state index in [4.69, 9.17) is 14.2 Å². The lowest BCUT2D eigenvalue weighted by Gasteiger charge is -2.16. The molecule has 0 atom stereocenters. The van der Waals surface area contributed by atoms with Gasteiger partial charge in [0.25, 0.3) is 0 Å². The van der Waals surface area contributed by atoms with Crippen molar-refractivity contribution >= 4 is 12.0 Å². The smallest absolute Gasteiger partial charge is 0.330 e. The Morgan fingerprint density at radius 1 is 1.10 bits per heavy atom. The van der Waals surface area contributed by atoms with Crippen LogP contribution in [-0.4, -0.2) is 26.8 Å². The Bertz CT molecular complexity index is 461. The highest BCUT2D eigenvalue weighted by molar-refractivity contribution is 5.87. The Balaban J connectivity index is 2.72. The molecule has 4 heteroatoms. The van der Waals surface area contributed by atoms with Gasteiger partial charge in [-0.1, -0.05) is 20.8 Å². The number of ether oxygens (including phenoxy) is 3. The van der Waals surface area contributed by atoms with Crippen molar-refractivity contribution in [2.24, 2.45) is 5.41 Å². The molecule has 0 spiro atoms. The molecule has 1 rings (SSSR count). The molecular formula is C16H22O4. The van der Waals surface area contributed by atoms with E-state index < -0.39 is 0 Å². The van der Waals surface area contributed by atoms with Crippen molar-refractivity contribution in [2.75, 3.05) is 20.8 Å². The third kappa shape index (κ3) is 5.78. The first-order valence-electron chi connectivity index (χ1n) is 6.42. The molecule has 4 nitrogen and oxygen atoms in total. The zero-order chi connectivity index (χ0) is 15.2. The minimum Gasteiger partial charge on any atom is -0.497 e. The van der Waals surface area contributed by atoms with Gasteiger partial charge in [0, 0.05) is 12.1 Å². The van der Waals surface area contributed by atoms with Crippen LogP contribution in [0.5, 0.6) is 11.5 Å². The van der Waals surface area contributed by atoms with E-state index >= 15 is 0 Å². The molecule has 0 heterocycles. The second kappa shape index (κ2) is 6.98. The lowest BCUT2D eigenvalue weighted by Crippen LogP contribution is -2.17. The number of hydrogen-bond donors (Lipinski definition) is 0. The number of rotatable bonds is 5. The van der Waals surface area contributed by atoms with Crippen LogP contribution in [0.4, 0.5) is 0 Å². The van der Waals surface area contributed by atoms with Crippen molar-refractivity contribution in [1.29, 1.82) is 0 Å². The van der Waals surface area contributed by atoms with E-state index in [-0.39, 0.29) is 11.4 Å². The van der Waals surface area contributed by atoms with Crippen LogP contribution in [0.15, 0.2) is 24.3 Å². The van der Waals surface area contributed by atoms with Gasteiger partial charge in [0.05, 0.1) is 20.8 Å². The highest BCUT2D eigenvalue weighted by Gasteiger charge is 2.12. The van der Waals surface area contributed by atoms with Crippen molar-refractivity contribution in [2.45, 2.75) is 20.8 Å². The fourth-order valence-electron chi connectivity index (χ4n) is 1.43. The Hall–Kier alpha value is -1.97. The monoisotopic (exact) mass is 278 g/mol. The van der Waals surface area contributed by atoms with Gasteiger partial charge in [0.15, 0.2) is 0 Å². The highest BCUT2D eigenvalue weighted by Crippen LogP contribution is 2.23. The number of methoxy groups -OCH3 is 2. The molecule has 1 aromatic carbocycles. The van der Waals surface area contributed by atoms with Crippen LogP contribution in [0.2, 0.25) is 0 Å². The fraction of sp³-hybridized carbons (Fsp3) is 0.438. The summed E-state index contributed by atoms with van der Waals surface area (Å²) in [5.41, 5.74) is 0.775. The van der Waals surface area contributed by atoms with E-state index in [9.17, 15) is 4.79 Å². The summed E-state index contributed by atoms with van der Waals surface area (Å²) < 4.78 is 15.5. The van der Waals surface area contributed by atoms with Gasteiger partial charge >= 0.3 is 5.97 Å². The maximum atomic E-state index is 11.6. The first-order chi connectivity index (χ1) is 9.34. The van der Waals surface area contributed by atoms with E-state index in [1.54, 1.807) is 26.4 Å². The van der Waals surface area contributed by atoms with E-state index in [0.29, 0.717) is 18.1 Å². The predicted octanol–water partition coefficient (Wildman–Crippen LogP) is 3.31. The standard InChI is InChI=1S/C16H22O4/c1-16(2,3)11-20-15(17)7-6-12-8-13(18-4)10-14(9-12)19-5/h6-10H,11H2,1-5H3/b7-6+. The molecule has 0 bridgehead atoms. The van der Waals surface area contributed by atoms with E-state index in [1.165, 1.54) is 6.08 Å². The largest absolute Gasteiger partial charge is 0.497 e. The molecule has 0 aliphatic rings. The van der Waals surface area contributed by atoms with Crippen LogP contribution >= 0.6 is 0 Å². The van der Waals surface area contributed by atoms with Gasteiger partial charge < -0.3 is 14.2 Å². The lowest BCUT2D eigenvalue weighted by atomic mass is 9.99. The summed E-state index contributed by atoms with van der Waals surface area (Å²) in [5.74, 6) is 0.987. The maximum Gasteiger partial charge on any atom is 0.330 e. The summed E-state index contributed by atoms with van der Waals surface area (Å²) in [7, 11) is 3.17. The van der Waals surface area contributed by atoms with Crippen LogP contribution in [0.3, 0.4) is 0 Å². The topological polar surface area (TPSA) is 44.8 Å². The molecule has 110 valence electrons. The quantitative estimate of drug-likeness (QED) is 0.612. The average Bonchev–Trinajstić information content (AvgIpc) is 2.41. The Morgan fingerprint density at radius 3 is 2.10 bits per heavy atom. The molecular weight excluding hydrogens is 256 g/mol. The molecule has 0 saturated carbocycles. The summed E-state index contributed by atoms with van der Waals surface area (Å²) in [6.07, 6.45) is 3.08. The summed E-state index contributed by atoms with van der Waals surface area (Å²) in [6, 6.07) is 5.40.